The van der Waals surface area contributed by atoms with E-state index in [0.29, 0.717) is 5.75 Å². The molecule has 100 valence electrons. The number of hydrogen-bond donors (Lipinski definition) is 6. The van der Waals surface area contributed by atoms with Gasteiger partial charge in [-0.15, -0.1) is 0 Å². The van der Waals surface area contributed by atoms with Gasteiger partial charge in [0.25, 0.3) is 10.1 Å². The quantitative estimate of drug-likeness (QED) is 0.251. The molecule has 0 atom stereocenters. The predicted octanol–water partition coefficient (Wildman–Crippen LogP) is -2.16. The minimum Gasteiger partial charge on any atom is -0.480 e. The van der Waals surface area contributed by atoms with Crippen molar-refractivity contribution in [2.24, 2.45) is 0 Å². The number of carboxylic acids is 1. The molecule has 10 heteroatoms. The van der Waals surface area contributed by atoms with Gasteiger partial charge >= 0.3 is 5.97 Å². The van der Waals surface area contributed by atoms with E-state index in [2.05, 4.69) is 12.6 Å². The van der Waals surface area contributed by atoms with Crippen LogP contribution in [0.2, 0.25) is 0 Å². The molecular weight excluding hydrogens is 264 g/mol. The fourth-order valence-corrected chi connectivity index (χ4v) is 0.346. The maximum absolute atomic E-state index is 9.63. The number of aliphatic hydroxyl groups is 3. The average Bonchev–Trinajstić information content (AvgIpc) is 2.17. The van der Waals surface area contributed by atoms with E-state index in [9.17, 15) is 8.42 Å². The smallest absolute Gasteiger partial charge is 0.329 e. The third kappa shape index (κ3) is 49.5. The predicted molar refractivity (Wildman–Crippen MR) is 59.2 cm³/mol. The van der Waals surface area contributed by atoms with E-state index in [1.165, 1.54) is 0 Å². The molecule has 0 aromatic heterocycles. The van der Waals surface area contributed by atoms with E-state index in [0.717, 1.165) is 0 Å². The number of rotatable bonds is 4. The molecule has 8 nitrogen and oxygen atoms in total. The van der Waals surface area contributed by atoms with Crippen LogP contribution in [-0.2, 0) is 14.9 Å². The van der Waals surface area contributed by atoms with E-state index in [1.807, 2.05) is 0 Å². The molecule has 0 saturated heterocycles. The Kier molecular flexibility index (Phi) is 19.1. The first kappa shape index (κ1) is 21.0. The van der Waals surface area contributed by atoms with Crippen LogP contribution in [0.1, 0.15) is 0 Å². The van der Waals surface area contributed by atoms with Crippen LogP contribution in [-0.4, -0.2) is 70.7 Å². The topological polar surface area (TPSA) is 152 Å². The summed E-state index contributed by atoms with van der Waals surface area (Å²) in [6.07, 6.45) is 0. The Balaban J connectivity index is -0.000000166. The summed E-state index contributed by atoms with van der Waals surface area (Å²) in [6.45, 7) is -1.12. The highest BCUT2D eigenvalue weighted by Gasteiger charge is 1.99. The van der Waals surface area contributed by atoms with Crippen molar-refractivity contribution in [1.29, 1.82) is 0 Å². The second-order valence-electron chi connectivity index (χ2n) is 2.01. The third-order valence-electron chi connectivity index (χ3n) is 0.585. The van der Waals surface area contributed by atoms with Crippen LogP contribution in [0.15, 0.2) is 0 Å². The molecule has 0 rings (SSSR count). The number of hydrogen-bond acceptors (Lipinski definition) is 7. The molecular formula is C6H16O8S2. The molecule has 0 heterocycles. The summed E-state index contributed by atoms with van der Waals surface area (Å²) < 4.78 is 27.1. The maximum Gasteiger partial charge on any atom is 0.329 e. The zero-order valence-corrected chi connectivity index (χ0v) is 10.1. The lowest BCUT2D eigenvalue weighted by atomic mass is 10.8. The van der Waals surface area contributed by atoms with Crippen LogP contribution in [0, 0.1) is 0 Å². The minimum absolute atomic E-state index is 0.184. The summed E-state index contributed by atoms with van der Waals surface area (Å²) in [5.74, 6) is -1.20. The highest BCUT2D eigenvalue weighted by molar-refractivity contribution is 7.85. The van der Waals surface area contributed by atoms with Crippen molar-refractivity contribution in [1.82, 2.24) is 0 Å². The van der Waals surface area contributed by atoms with Crippen LogP contribution in [0.3, 0.4) is 0 Å². The van der Waals surface area contributed by atoms with Gasteiger partial charge in [-0.2, -0.15) is 21.0 Å². The molecule has 16 heavy (non-hydrogen) atoms. The van der Waals surface area contributed by atoms with E-state index in [1.54, 1.807) is 0 Å². The van der Waals surface area contributed by atoms with Gasteiger partial charge < -0.3 is 20.4 Å². The molecule has 0 aliphatic carbocycles. The van der Waals surface area contributed by atoms with Crippen molar-refractivity contribution in [2.45, 2.75) is 0 Å². The van der Waals surface area contributed by atoms with Crippen LogP contribution in [0.25, 0.3) is 0 Å². The first-order chi connectivity index (χ1) is 7.24. The van der Waals surface area contributed by atoms with Gasteiger partial charge in [-0.3, -0.25) is 4.55 Å². The maximum atomic E-state index is 9.63. The van der Waals surface area contributed by atoms with Gasteiger partial charge in [0.05, 0.1) is 19.0 Å². The Morgan fingerprint density at radius 1 is 1.12 bits per heavy atom. The number of thiol groups is 1. The molecule has 0 aromatic carbocycles. The highest BCUT2D eigenvalue weighted by Crippen LogP contribution is 1.76. The number of carbonyl (C=O) groups is 1. The second kappa shape index (κ2) is 14.6. The van der Waals surface area contributed by atoms with Gasteiger partial charge in [0.2, 0.25) is 0 Å². The van der Waals surface area contributed by atoms with Crippen LogP contribution in [0.4, 0.5) is 0 Å². The molecule has 0 saturated carbocycles. The van der Waals surface area contributed by atoms with Crippen molar-refractivity contribution in [3.05, 3.63) is 0 Å². The highest BCUT2D eigenvalue weighted by atomic mass is 32.2. The van der Waals surface area contributed by atoms with E-state index >= 15 is 0 Å². The van der Waals surface area contributed by atoms with Gasteiger partial charge in [-0.25, -0.2) is 4.79 Å². The fourth-order valence-electron chi connectivity index (χ4n) is 0.115. The lowest BCUT2D eigenvalue weighted by Gasteiger charge is -1.85. The second-order valence-corrected chi connectivity index (χ2v) is 4.03. The number of carboxylic acid groups (broad SMARTS) is 1. The molecule has 0 aliphatic rings. The van der Waals surface area contributed by atoms with Crippen molar-refractivity contribution < 1.29 is 38.2 Å². The van der Waals surface area contributed by atoms with Gasteiger partial charge in [0.1, 0.15) is 6.61 Å². The molecule has 0 amide bonds. The normalized spacial score (nSPS) is 9.31. The van der Waals surface area contributed by atoms with E-state index in [4.69, 9.17) is 29.8 Å². The summed E-state index contributed by atoms with van der Waals surface area (Å²) in [4.78, 5) is 9.12. The minimum atomic E-state index is -3.92. The summed E-state index contributed by atoms with van der Waals surface area (Å²) in [6, 6.07) is 0. The summed E-state index contributed by atoms with van der Waals surface area (Å²) in [5.41, 5.74) is 0. The number of aliphatic hydroxyl groups excluding tert-OH is 3. The van der Waals surface area contributed by atoms with Gasteiger partial charge in [0, 0.05) is 5.75 Å². The Labute approximate surface area is 98.7 Å². The monoisotopic (exact) mass is 280 g/mol. The fraction of sp³-hybridized carbons (Fsp3) is 0.833. The molecule has 0 aromatic rings. The molecule has 0 spiro atoms. The first-order valence-corrected chi connectivity index (χ1v) is 6.09. The van der Waals surface area contributed by atoms with Crippen LogP contribution < -0.4 is 0 Å². The average molecular weight is 280 g/mol. The molecule has 0 radical (unpaired) electrons. The molecule has 0 bridgehead atoms. The standard InChI is InChI=1S/C2H6O4S.C2H4O3.C2H6OS/c3-1-2-7(4,5)6;3-1-2(4)5;3-1-2-4/h3H,1-2H2,(H,4,5,6);3H,1H2,(H,4,5);3-4H,1-2H2. The zero-order chi connectivity index (χ0) is 13.6. The van der Waals surface area contributed by atoms with Crippen molar-refractivity contribution in [2.75, 3.05) is 31.3 Å². The van der Waals surface area contributed by atoms with Gasteiger partial charge in [0.15, 0.2) is 0 Å². The van der Waals surface area contributed by atoms with Crippen LogP contribution >= 0.6 is 12.6 Å². The zero-order valence-electron chi connectivity index (χ0n) is 8.35. The van der Waals surface area contributed by atoms with Crippen molar-refractivity contribution >= 4 is 28.7 Å². The number of aliphatic carboxylic acids is 1. The Morgan fingerprint density at radius 3 is 1.44 bits per heavy atom. The lowest BCUT2D eigenvalue weighted by Crippen LogP contribution is -2.06. The van der Waals surface area contributed by atoms with Crippen molar-refractivity contribution in [3.8, 4) is 0 Å². The lowest BCUT2D eigenvalue weighted by molar-refractivity contribution is -0.140. The van der Waals surface area contributed by atoms with Gasteiger partial charge in [-0.1, -0.05) is 0 Å². The molecule has 0 aliphatic heterocycles. The molecule has 0 fully saturated rings. The van der Waals surface area contributed by atoms with E-state index < -0.39 is 35.1 Å². The molecule has 5 N–H and O–H groups in total. The largest absolute Gasteiger partial charge is 0.480 e. The summed E-state index contributed by atoms with van der Waals surface area (Å²) in [5, 5.41) is 30.7. The third-order valence-corrected chi connectivity index (χ3v) is 1.48. The van der Waals surface area contributed by atoms with E-state index in [-0.39, 0.29) is 6.61 Å². The SMILES string of the molecule is O=C(O)CO.O=S(=O)(O)CCO.OCCS. The summed E-state index contributed by atoms with van der Waals surface area (Å²) >= 11 is 3.67. The van der Waals surface area contributed by atoms with Crippen molar-refractivity contribution in [3.63, 3.8) is 0 Å². The van der Waals surface area contributed by atoms with Gasteiger partial charge in [-0.05, 0) is 0 Å². The Bertz CT molecular complexity index is 235. The Hall–Kier alpha value is -0.390. The Morgan fingerprint density at radius 2 is 1.44 bits per heavy atom. The molecule has 0 unspecified atom stereocenters. The summed E-state index contributed by atoms with van der Waals surface area (Å²) in [7, 11) is -3.92. The first-order valence-electron chi connectivity index (χ1n) is 3.85. The van der Waals surface area contributed by atoms with Crippen LogP contribution in [0.5, 0.6) is 0 Å².